The zero-order chi connectivity index (χ0) is 23.9. The second-order valence-electron chi connectivity index (χ2n) is 8.19. The second-order valence-corrected chi connectivity index (χ2v) is 10.1. The summed E-state index contributed by atoms with van der Waals surface area (Å²) in [6, 6.07) is 7.99. The minimum absolute atomic E-state index is 0.149. The van der Waals surface area contributed by atoms with E-state index in [1.54, 1.807) is 43.0 Å². The lowest BCUT2D eigenvalue weighted by molar-refractivity contribution is -0.133. The van der Waals surface area contributed by atoms with Crippen LogP contribution in [0, 0.1) is 20.8 Å². The molecule has 0 N–H and O–H groups in total. The third kappa shape index (κ3) is 4.47. The predicted octanol–water partition coefficient (Wildman–Crippen LogP) is 2.83. The van der Waals surface area contributed by atoms with Crippen LogP contribution >= 0.6 is 0 Å². The molecule has 8 nitrogen and oxygen atoms in total. The number of amides is 1. The average molecular weight is 478 g/mol. The molecule has 33 heavy (non-hydrogen) atoms. The second kappa shape index (κ2) is 8.79. The Morgan fingerprint density at radius 3 is 2.30 bits per heavy atom. The molecule has 1 aliphatic rings. The molecule has 0 saturated carbocycles. The summed E-state index contributed by atoms with van der Waals surface area (Å²) in [7, 11) is -3.63. The van der Waals surface area contributed by atoms with Crippen molar-refractivity contribution in [1.29, 1.82) is 0 Å². The first kappa shape index (κ1) is 23.2. The van der Waals surface area contributed by atoms with Gasteiger partial charge in [0.2, 0.25) is 15.9 Å². The van der Waals surface area contributed by atoms with E-state index in [4.69, 9.17) is 0 Å². The van der Waals surface area contributed by atoms with Gasteiger partial charge < -0.3 is 4.90 Å². The van der Waals surface area contributed by atoms with Gasteiger partial charge in [0, 0.05) is 37.4 Å². The van der Waals surface area contributed by atoms with Gasteiger partial charge in [-0.15, -0.1) is 0 Å². The highest BCUT2D eigenvalue weighted by atomic mass is 32.2. The van der Waals surface area contributed by atoms with Gasteiger partial charge in [0.25, 0.3) is 6.43 Å². The van der Waals surface area contributed by atoms with Gasteiger partial charge in [0.05, 0.1) is 16.0 Å². The number of halogens is 2. The number of nitrogens with zero attached hydrogens (tertiary/aromatic N) is 5. The van der Waals surface area contributed by atoms with E-state index in [-0.39, 0.29) is 60.1 Å². The minimum Gasteiger partial charge on any atom is -0.338 e. The lowest BCUT2D eigenvalue weighted by atomic mass is 10.1. The topological polar surface area (TPSA) is 88.4 Å². The summed E-state index contributed by atoms with van der Waals surface area (Å²) in [4.78, 5) is 19.0. The largest absolute Gasteiger partial charge is 0.338 e. The zero-order valence-corrected chi connectivity index (χ0v) is 19.4. The Bertz CT molecular complexity index is 1300. The van der Waals surface area contributed by atoms with E-state index in [1.807, 2.05) is 6.92 Å². The van der Waals surface area contributed by atoms with E-state index in [0.717, 1.165) is 5.56 Å². The molecule has 0 spiro atoms. The lowest BCUT2D eigenvalue weighted by Gasteiger charge is -2.34. The fourth-order valence-electron chi connectivity index (χ4n) is 4.07. The third-order valence-corrected chi connectivity index (χ3v) is 7.72. The number of benzene rings is 1. The maximum absolute atomic E-state index is 13.5. The van der Waals surface area contributed by atoms with E-state index in [2.05, 4.69) is 10.1 Å². The van der Waals surface area contributed by atoms with Crippen molar-refractivity contribution in [3.63, 3.8) is 0 Å². The van der Waals surface area contributed by atoms with Gasteiger partial charge in [-0.1, -0.05) is 17.7 Å². The molecule has 176 valence electrons. The van der Waals surface area contributed by atoms with Gasteiger partial charge in [0.15, 0.2) is 5.65 Å². The van der Waals surface area contributed by atoms with Crippen LogP contribution in [0.25, 0.3) is 11.0 Å². The van der Waals surface area contributed by atoms with Crippen molar-refractivity contribution in [2.45, 2.75) is 38.6 Å². The molecule has 0 radical (unpaired) electrons. The Hall–Kier alpha value is -2.92. The van der Waals surface area contributed by atoms with E-state index in [1.165, 1.54) is 15.1 Å². The first-order valence-corrected chi connectivity index (χ1v) is 12.0. The molecule has 2 aromatic heterocycles. The number of pyridine rings is 1. The molecule has 1 aromatic carbocycles. The van der Waals surface area contributed by atoms with Crippen molar-refractivity contribution >= 4 is 27.0 Å². The number of hydrogen-bond acceptors (Lipinski definition) is 5. The number of carbonyl (C=O) groups excluding carboxylic acids is 1. The smallest absolute Gasteiger partial charge is 0.264 e. The van der Waals surface area contributed by atoms with Crippen LogP contribution in [0.4, 0.5) is 8.78 Å². The number of aryl methyl sites for hydroxylation is 3. The van der Waals surface area contributed by atoms with Crippen molar-refractivity contribution in [3.05, 3.63) is 52.8 Å². The summed E-state index contributed by atoms with van der Waals surface area (Å²) in [5.74, 6) is -0.270. The van der Waals surface area contributed by atoms with Gasteiger partial charge in [-0.25, -0.2) is 26.9 Å². The molecule has 1 fully saturated rings. The first-order valence-electron chi connectivity index (χ1n) is 10.6. The molecule has 0 unspecified atom stereocenters. The fraction of sp³-hybridized carbons (Fsp3) is 0.409. The summed E-state index contributed by atoms with van der Waals surface area (Å²) in [6.07, 6.45) is -2.68. The molecular weight excluding hydrogens is 452 g/mol. The van der Waals surface area contributed by atoms with E-state index in [0.29, 0.717) is 11.4 Å². The fourth-order valence-corrected chi connectivity index (χ4v) is 5.49. The number of aromatic nitrogens is 3. The normalized spacial score (nSPS) is 15.5. The number of piperazine rings is 1. The molecule has 4 rings (SSSR count). The van der Waals surface area contributed by atoms with Crippen LogP contribution in [0.5, 0.6) is 0 Å². The third-order valence-electron chi connectivity index (χ3n) is 5.81. The first-order chi connectivity index (χ1) is 15.6. The number of fused-ring (bicyclic) bond motifs is 1. The van der Waals surface area contributed by atoms with Crippen LogP contribution in [-0.2, 0) is 21.4 Å². The lowest BCUT2D eigenvalue weighted by Crippen LogP contribution is -2.51. The molecular formula is C22H25F2N5O3S. The molecule has 3 heterocycles. The number of carbonyl (C=O) groups is 1. The minimum atomic E-state index is -3.63. The van der Waals surface area contributed by atoms with Crippen molar-refractivity contribution in [2.75, 3.05) is 26.2 Å². The maximum atomic E-state index is 13.5. The summed E-state index contributed by atoms with van der Waals surface area (Å²) in [5.41, 5.74) is 1.87. The summed E-state index contributed by atoms with van der Waals surface area (Å²) < 4.78 is 55.5. The summed E-state index contributed by atoms with van der Waals surface area (Å²) in [6.45, 7) is 5.77. The Morgan fingerprint density at radius 2 is 1.70 bits per heavy atom. The van der Waals surface area contributed by atoms with Crippen molar-refractivity contribution in [3.8, 4) is 0 Å². The van der Waals surface area contributed by atoms with Crippen molar-refractivity contribution < 1.29 is 22.0 Å². The van der Waals surface area contributed by atoms with Crippen LogP contribution in [0.1, 0.15) is 28.9 Å². The van der Waals surface area contributed by atoms with Gasteiger partial charge in [-0.2, -0.15) is 9.40 Å². The number of hydrogen-bond donors (Lipinski definition) is 0. The summed E-state index contributed by atoms with van der Waals surface area (Å²) in [5, 5.41) is 4.54. The molecule has 1 amide bonds. The molecule has 1 saturated heterocycles. The van der Waals surface area contributed by atoms with Crippen molar-refractivity contribution in [2.24, 2.45) is 0 Å². The van der Waals surface area contributed by atoms with Crippen LogP contribution in [0.2, 0.25) is 0 Å². The summed E-state index contributed by atoms with van der Waals surface area (Å²) >= 11 is 0. The predicted molar refractivity (Wildman–Crippen MR) is 118 cm³/mol. The van der Waals surface area contributed by atoms with Gasteiger partial charge in [-0.05, 0) is 39.0 Å². The van der Waals surface area contributed by atoms with E-state index >= 15 is 0 Å². The monoisotopic (exact) mass is 477 g/mol. The molecule has 1 aliphatic heterocycles. The van der Waals surface area contributed by atoms with Gasteiger partial charge in [0.1, 0.15) is 6.54 Å². The van der Waals surface area contributed by atoms with E-state index in [9.17, 15) is 22.0 Å². The van der Waals surface area contributed by atoms with Crippen molar-refractivity contribution in [1.82, 2.24) is 24.0 Å². The highest BCUT2D eigenvalue weighted by Gasteiger charge is 2.30. The molecule has 0 bridgehead atoms. The SMILES string of the molecule is Cc1ccc(S(=O)(=O)N2CCN(C(=O)Cn3nc(C)c4c(C(F)F)cc(C)nc43)CC2)cc1. The molecule has 0 atom stereocenters. The number of alkyl halides is 2. The van der Waals surface area contributed by atoms with Gasteiger partial charge >= 0.3 is 0 Å². The van der Waals surface area contributed by atoms with Crippen LogP contribution in [0.3, 0.4) is 0 Å². The Labute approximate surface area is 190 Å². The zero-order valence-electron chi connectivity index (χ0n) is 18.6. The van der Waals surface area contributed by atoms with Gasteiger partial charge in [-0.3, -0.25) is 4.79 Å². The molecule has 3 aromatic rings. The highest BCUT2D eigenvalue weighted by molar-refractivity contribution is 7.89. The Kier molecular flexibility index (Phi) is 6.19. The number of rotatable bonds is 5. The maximum Gasteiger partial charge on any atom is 0.264 e. The molecule has 0 aliphatic carbocycles. The Morgan fingerprint density at radius 1 is 1.06 bits per heavy atom. The van der Waals surface area contributed by atoms with Crippen LogP contribution < -0.4 is 0 Å². The highest BCUT2D eigenvalue weighted by Crippen LogP contribution is 2.30. The molecule has 11 heteroatoms. The van der Waals surface area contributed by atoms with Crippen LogP contribution in [0.15, 0.2) is 35.2 Å². The Balaban J connectivity index is 1.48. The quantitative estimate of drug-likeness (QED) is 0.564. The average Bonchev–Trinajstić information content (AvgIpc) is 3.08. The van der Waals surface area contributed by atoms with E-state index < -0.39 is 16.4 Å². The van der Waals surface area contributed by atoms with Crippen LogP contribution in [-0.4, -0.2) is 64.5 Å². The standard InChI is InChI=1S/C22H25F2N5O3S/c1-14-4-6-17(7-5-14)33(31,32)28-10-8-27(9-11-28)19(30)13-29-22-20(16(3)26-29)18(21(23)24)12-15(2)25-22/h4-7,12,21H,8-11,13H2,1-3H3. The number of sulfonamides is 1.